The molecule has 1 aromatic heterocycles. The highest BCUT2D eigenvalue weighted by Crippen LogP contribution is 2.28. The van der Waals surface area contributed by atoms with E-state index in [1.165, 1.54) is 0 Å². The number of nitrogens with zero attached hydrogens (tertiary/aromatic N) is 1. The van der Waals surface area contributed by atoms with Crippen molar-refractivity contribution in [1.82, 2.24) is 10.2 Å². The van der Waals surface area contributed by atoms with Crippen LogP contribution < -0.4 is 5.32 Å². The van der Waals surface area contributed by atoms with Crippen LogP contribution in [-0.4, -0.2) is 29.3 Å². The number of amides is 2. The standard InChI is InChI=1S/C17H16F2N2O2S/c18-12-1-4-14(15(19)7-12)17(23)20-8-16(22)21(13-2-3-13)9-11-5-6-24-10-11/h1,4-7,10,13H,2-3,8-9H2,(H,20,23). The molecular weight excluding hydrogens is 334 g/mol. The van der Waals surface area contributed by atoms with Gasteiger partial charge in [-0.25, -0.2) is 8.78 Å². The van der Waals surface area contributed by atoms with Gasteiger partial charge in [0.25, 0.3) is 5.91 Å². The topological polar surface area (TPSA) is 49.4 Å². The van der Waals surface area contributed by atoms with Crippen LogP contribution >= 0.6 is 11.3 Å². The first kappa shape index (κ1) is 16.6. The van der Waals surface area contributed by atoms with Gasteiger partial charge in [0, 0.05) is 18.7 Å². The molecule has 4 nitrogen and oxygen atoms in total. The van der Waals surface area contributed by atoms with E-state index < -0.39 is 17.5 Å². The Bertz CT molecular complexity index is 745. The molecule has 0 radical (unpaired) electrons. The first-order valence-corrected chi connectivity index (χ1v) is 8.52. The van der Waals surface area contributed by atoms with E-state index in [0.717, 1.165) is 30.5 Å². The smallest absolute Gasteiger partial charge is 0.254 e. The fourth-order valence-corrected chi connectivity index (χ4v) is 3.07. The van der Waals surface area contributed by atoms with Gasteiger partial charge in [0.2, 0.25) is 5.91 Å². The van der Waals surface area contributed by atoms with Crippen molar-refractivity contribution in [3.8, 4) is 0 Å². The molecule has 1 heterocycles. The van der Waals surface area contributed by atoms with Gasteiger partial charge in [0.05, 0.1) is 12.1 Å². The minimum atomic E-state index is -0.947. The van der Waals surface area contributed by atoms with Gasteiger partial charge in [-0.15, -0.1) is 0 Å². The van der Waals surface area contributed by atoms with E-state index in [1.54, 1.807) is 16.2 Å². The Morgan fingerprint density at radius 1 is 1.25 bits per heavy atom. The molecule has 2 amide bonds. The first-order valence-electron chi connectivity index (χ1n) is 7.58. The van der Waals surface area contributed by atoms with Crippen molar-refractivity contribution in [3.05, 3.63) is 57.8 Å². The van der Waals surface area contributed by atoms with E-state index >= 15 is 0 Å². The molecule has 0 saturated heterocycles. The predicted octanol–water partition coefficient (Wildman–Crippen LogP) is 2.95. The highest BCUT2D eigenvalue weighted by Gasteiger charge is 2.32. The summed E-state index contributed by atoms with van der Waals surface area (Å²) in [5, 5.41) is 6.34. The van der Waals surface area contributed by atoms with Gasteiger partial charge in [-0.1, -0.05) is 0 Å². The molecule has 0 spiro atoms. The molecule has 3 rings (SSSR count). The molecular formula is C17H16F2N2O2S. The molecule has 1 aliphatic carbocycles. The van der Waals surface area contributed by atoms with Crippen LogP contribution in [0.2, 0.25) is 0 Å². The lowest BCUT2D eigenvalue weighted by atomic mass is 10.2. The summed E-state index contributed by atoms with van der Waals surface area (Å²) >= 11 is 1.56. The molecule has 1 aromatic carbocycles. The highest BCUT2D eigenvalue weighted by atomic mass is 32.1. The molecule has 1 aliphatic rings. The lowest BCUT2D eigenvalue weighted by Crippen LogP contribution is -2.41. The van der Waals surface area contributed by atoms with Crippen LogP contribution in [0, 0.1) is 11.6 Å². The quantitative estimate of drug-likeness (QED) is 0.871. The van der Waals surface area contributed by atoms with Gasteiger partial charge in [-0.05, 0) is 47.4 Å². The Labute approximate surface area is 142 Å². The number of nitrogens with one attached hydrogen (secondary N) is 1. The van der Waals surface area contributed by atoms with Gasteiger partial charge in [0.1, 0.15) is 11.6 Å². The maximum Gasteiger partial charge on any atom is 0.254 e. The largest absolute Gasteiger partial charge is 0.343 e. The fourth-order valence-electron chi connectivity index (χ4n) is 2.41. The minimum Gasteiger partial charge on any atom is -0.343 e. The summed E-state index contributed by atoms with van der Waals surface area (Å²) in [7, 11) is 0. The number of rotatable bonds is 6. The predicted molar refractivity (Wildman–Crippen MR) is 86.6 cm³/mol. The molecule has 2 aromatic rings. The normalized spacial score (nSPS) is 13.6. The SMILES string of the molecule is O=C(NCC(=O)N(Cc1ccsc1)C1CC1)c1ccc(F)cc1F. The molecule has 7 heteroatoms. The van der Waals surface area contributed by atoms with Crippen LogP contribution in [0.25, 0.3) is 0 Å². The van der Waals surface area contributed by atoms with Crippen molar-refractivity contribution in [3.63, 3.8) is 0 Å². The second kappa shape index (κ2) is 7.09. The third-order valence-corrected chi connectivity index (χ3v) is 4.55. The van der Waals surface area contributed by atoms with Crippen LogP contribution in [0.5, 0.6) is 0 Å². The maximum atomic E-state index is 13.6. The number of benzene rings is 1. The Hall–Kier alpha value is -2.28. The zero-order chi connectivity index (χ0) is 17.1. The van der Waals surface area contributed by atoms with E-state index in [-0.39, 0.29) is 24.1 Å². The van der Waals surface area contributed by atoms with E-state index in [0.29, 0.717) is 12.6 Å². The van der Waals surface area contributed by atoms with Crippen molar-refractivity contribution in [2.24, 2.45) is 0 Å². The molecule has 126 valence electrons. The Kier molecular flexibility index (Phi) is 4.89. The van der Waals surface area contributed by atoms with Crippen molar-refractivity contribution < 1.29 is 18.4 Å². The number of hydrogen-bond donors (Lipinski definition) is 1. The summed E-state index contributed by atoms with van der Waals surface area (Å²) in [6, 6.07) is 4.88. The Morgan fingerprint density at radius 3 is 2.67 bits per heavy atom. The third kappa shape index (κ3) is 3.97. The third-order valence-electron chi connectivity index (χ3n) is 3.82. The Morgan fingerprint density at radius 2 is 2.04 bits per heavy atom. The Balaban J connectivity index is 1.60. The molecule has 1 N–H and O–H groups in total. The summed E-state index contributed by atoms with van der Waals surface area (Å²) in [4.78, 5) is 26.1. The van der Waals surface area contributed by atoms with Crippen molar-refractivity contribution >= 4 is 23.2 Å². The first-order chi connectivity index (χ1) is 11.5. The molecule has 24 heavy (non-hydrogen) atoms. The average molecular weight is 350 g/mol. The van der Waals surface area contributed by atoms with Gasteiger partial charge in [-0.2, -0.15) is 11.3 Å². The second-order valence-corrected chi connectivity index (χ2v) is 6.47. The molecule has 1 saturated carbocycles. The van der Waals surface area contributed by atoms with Crippen molar-refractivity contribution in [2.75, 3.05) is 6.54 Å². The van der Waals surface area contributed by atoms with E-state index in [1.807, 2.05) is 16.8 Å². The lowest BCUT2D eigenvalue weighted by molar-refractivity contribution is -0.131. The molecule has 1 fully saturated rings. The summed E-state index contributed by atoms with van der Waals surface area (Å²) in [6.45, 7) is 0.296. The molecule has 0 unspecified atom stereocenters. The van der Waals surface area contributed by atoms with Gasteiger partial charge in [0.15, 0.2) is 0 Å². The summed E-state index contributed by atoms with van der Waals surface area (Å²) in [6.07, 6.45) is 1.91. The van der Waals surface area contributed by atoms with Crippen LogP contribution in [0.4, 0.5) is 8.78 Å². The van der Waals surface area contributed by atoms with Gasteiger partial charge in [-0.3, -0.25) is 9.59 Å². The minimum absolute atomic E-state index is 0.205. The molecule has 0 atom stereocenters. The second-order valence-electron chi connectivity index (χ2n) is 5.69. The van der Waals surface area contributed by atoms with E-state index in [9.17, 15) is 18.4 Å². The van der Waals surface area contributed by atoms with E-state index in [2.05, 4.69) is 5.32 Å². The summed E-state index contributed by atoms with van der Waals surface area (Å²) in [5.41, 5.74) is 0.774. The summed E-state index contributed by atoms with van der Waals surface area (Å²) in [5.74, 6) is -2.64. The highest BCUT2D eigenvalue weighted by molar-refractivity contribution is 7.07. The summed E-state index contributed by atoms with van der Waals surface area (Å²) < 4.78 is 26.5. The van der Waals surface area contributed by atoms with Gasteiger partial charge >= 0.3 is 0 Å². The van der Waals surface area contributed by atoms with Crippen LogP contribution in [-0.2, 0) is 11.3 Å². The number of hydrogen-bond acceptors (Lipinski definition) is 3. The van der Waals surface area contributed by atoms with Crippen molar-refractivity contribution in [1.29, 1.82) is 0 Å². The average Bonchev–Trinajstić information content (AvgIpc) is 3.26. The van der Waals surface area contributed by atoms with E-state index in [4.69, 9.17) is 0 Å². The van der Waals surface area contributed by atoms with Crippen LogP contribution in [0.15, 0.2) is 35.0 Å². The van der Waals surface area contributed by atoms with Crippen LogP contribution in [0.3, 0.4) is 0 Å². The fraction of sp³-hybridized carbons (Fsp3) is 0.294. The zero-order valence-corrected chi connectivity index (χ0v) is 13.6. The number of carbonyl (C=O) groups excluding carboxylic acids is 2. The number of thiophene rings is 1. The van der Waals surface area contributed by atoms with Crippen LogP contribution in [0.1, 0.15) is 28.8 Å². The monoisotopic (exact) mass is 350 g/mol. The molecule has 0 bridgehead atoms. The van der Waals surface area contributed by atoms with Crippen molar-refractivity contribution in [2.45, 2.75) is 25.4 Å². The van der Waals surface area contributed by atoms with Gasteiger partial charge < -0.3 is 10.2 Å². The number of halogens is 2. The lowest BCUT2D eigenvalue weighted by Gasteiger charge is -2.22. The number of carbonyl (C=O) groups is 2. The zero-order valence-electron chi connectivity index (χ0n) is 12.8. The maximum absolute atomic E-state index is 13.6. The molecule has 0 aliphatic heterocycles.